The number of carbonyl (C=O) groups excluding carboxylic acids is 1. The summed E-state index contributed by atoms with van der Waals surface area (Å²) in [6.45, 7) is 0. The molecule has 1 N–H and O–H groups in total. The van der Waals surface area contributed by atoms with Crippen molar-refractivity contribution in [3.8, 4) is 11.1 Å². The van der Waals surface area contributed by atoms with Gasteiger partial charge in [0.25, 0.3) is 0 Å². The van der Waals surface area contributed by atoms with Gasteiger partial charge in [0.2, 0.25) is 0 Å². The fourth-order valence-electron chi connectivity index (χ4n) is 2.47. The first-order valence-electron chi connectivity index (χ1n) is 7.90. The number of anilines is 1. The van der Waals surface area contributed by atoms with Gasteiger partial charge >= 0.3 is 5.97 Å². The van der Waals surface area contributed by atoms with Crippen LogP contribution in [0, 0.1) is 0 Å². The van der Waals surface area contributed by atoms with Gasteiger partial charge in [-0.25, -0.2) is 4.79 Å². The molecule has 0 unspecified atom stereocenters. The maximum absolute atomic E-state index is 11.6. The normalized spacial score (nSPS) is 10.6. The molecule has 0 atom stereocenters. The number of ether oxygens (including phenoxy) is 1. The van der Waals surface area contributed by atoms with Gasteiger partial charge in [0, 0.05) is 5.56 Å². The fraction of sp³-hybridized carbons (Fsp3) is 0.0476. The minimum Gasteiger partial charge on any atom is -0.465 e. The fourth-order valence-corrected chi connectivity index (χ4v) is 2.47. The molecule has 0 aliphatic rings. The van der Waals surface area contributed by atoms with Crippen molar-refractivity contribution in [2.24, 2.45) is 5.10 Å². The molecule has 0 spiro atoms. The summed E-state index contributed by atoms with van der Waals surface area (Å²) in [4.78, 5) is 11.6. The van der Waals surface area contributed by atoms with Gasteiger partial charge in [-0.05, 0) is 35.4 Å². The Morgan fingerprint density at radius 2 is 1.60 bits per heavy atom. The first-order valence-corrected chi connectivity index (χ1v) is 7.90. The predicted octanol–water partition coefficient (Wildman–Crippen LogP) is 4.59. The van der Waals surface area contributed by atoms with Crippen molar-refractivity contribution in [2.45, 2.75) is 0 Å². The molecule has 3 aromatic carbocycles. The van der Waals surface area contributed by atoms with Crippen molar-refractivity contribution in [3.63, 3.8) is 0 Å². The molecular weight excluding hydrogens is 312 g/mol. The summed E-state index contributed by atoms with van der Waals surface area (Å²) in [5.74, 6) is -0.339. The van der Waals surface area contributed by atoms with Gasteiger partial charge in [-0.1, -0.05) is 54.6 Å². The van der Waals surface area contributed by atoms with Crippen LogP contribution in [0.25, 0.3) is 11.1 Å². The summed E-state index contributed by atoms with van der Waals surface area (Å²) >= 11 is 0. The third kappa shape index (κ3) is 4.12. The van der Waals surface area contributed by atoms with Gasteiger partial charge in [-0.15, -0.1) is 0 Å². The topological polar surface area (TPSA) is 50.7 Å². The van der Waals surface area contributed by atoms with Gasteiger partial charge in [0.1, 0.15) is 0 Å². The number of hydrogen-bond donors (Lipinski definition) is 1. The first kappa shape index (κ1) is 16.5. The Kier molecular flexibility index (Phi) is 5.22. The summed E-state index contributed by atoms with van der Waals surface area (Å²) in [6, 6.07) is 25.1. The Labute approximate surface area is 146 Å². The highest BCUT2D eigenvalue weighted by molar-refractivity contribution is 5.93. The summed E-state index contributed by atoms with van der Waals surface area (Å²) in [5.41, 5.74) is 7.50. The smallest absolute Gasteiger partial charge is 0.337 e. The van der Waals surface area contributed by atoms with E-state index in [9.17, 15) is 4.79 Å². The second kappa shape index (κ2) is 7.93. The minimum atomic E-state index is -0.339. The van der Waals surface area contributed by atoms with Crippen LogP contribution in [0.4, 0.5) is 5.69 Å². The van der Waals surface area contributed by atoms with Crippen LogP contribution in [0.15, 0.2) is 84.0 Å². The summed E-state index contributed by atoms with van der Waals surface area (Å²) in [5, 5.41) is 4.31. The number of rotatable bonds is 5. The molecule has 0 aromatic heterocycles. The van der Waals surface area contributed by atoms with E-state index in [-0.39, 0.29) is 5.97 Å². The van der Waals surface area contributed by atoms with E-state index in [1.165, 1.54) is 7.11 Å². The number of methoxy groups -OCH3 is 1. The lowest BCUT2D eigenvalue weighted by molar-refractivity contribution is 0.0601. The zero-order valence-electron chi connectivity index (χ0n) is 13.8. The van der Waals surface area contributed by atoms with Crippen molar-refractivity contribution in [1.29, 1.82) is 0 Å². The monoisotopic (exact) mass is 330 g/mol. The van der Waals surface area contributed by atoms with E-state index in [0.717, 1.165) is 22.4 Å². The number of hydrogen-bond acceptors (Lipinski definition) is 4. The van der Waals surface area contributed by atoms with E-state index in [4.69, 9.17) is 4.74 Å². The molecule has 0 heterocycles. The lowest BCUT2D eigenvalue weighted by Gasteiger charge is -2.07. The van der Waals surface area contributed by atoms with Gasteiger partial charge in [0.15, 0.2) is 0 Å². The van der Waals surface area contributed by atoms with Gasteiger partial charge < -0.3 is 4.74 Å². The van der Waals surface area contributed by atoms with Crippen LogP contribution in [0.5, 0.6) is 0 Å². The molecular formula is C21H18N2O2. The first-order chi connectivity index (χ1) is 12.3. The summed E-state index contributed by atoms with van der Waals surface area (Å²) in [6.07, 6.45) is 1.79. The highest BCUT2D eigenvalue weighted by Crippen LogP contribution is 2.23. The number of esters is 1. The van der Waals surface area contributed by atoms with Crippen LogP contribution in [0.2, 0.25) is 0 Å². The van der Waals surface area contributed by atoms with Gasteiger partial charge in [-0.3, -0.25) is 5.43 Å². The molecule has 0 aliphatic heterocycles. The Hall–Kier alpha value is -3.40. The third-order valence-corrected chi connectivity index (χ3v) is 3.75. The second-order valence-corrected chi connectivity index (χ2v) is 5.39. The highest BCUT2D eigenvalue weighted by Gasteiger charge is 2.07. The number of hydrazone groups is 1. The van der Waals surface area contributed by atoms with Crippen LogP contribution < -0.4 is 5.43 Å². The quantitative estimate of drug-likeness (QED) is 0.423. The number of nitrogens with zero attached hydrogens (tertiary/aromatic N) is 1. The van der Waals surface area contributed by atoms with E-state index in [1.54, 1.807) is 18.3 Å². The zero-order valence-corrected chi connectivity index (χ0v) is 13.8. The standard InChI is InChI=1S/C21H18N2O2/c1-25-21(24)17-13-11-16(12-14-17)20-10-6-5-7-18(20)15-22-23-19-8-3-2-4-9-19/h2-15,23H,1H3. The van der Waals surface area contributed by atoms with E-state index >= 15 is 0 Å². The molecule has 3 rings (SSSR count). The molecule has 3 aromatic rings. The summed E-state index contributed by atoms with van der Waals surface area (Å²) < 4.78 is 4.73. The molecule has 0 radical (unpaired) electrons. The van der Waals surface area contributed by atoms with Gasteiger partial charge in [-0.2, -0.15) is 5.10 Å². The Balaban J connectivity index is 1.82. The Morgan fingerprint density at radius 1 is 0.920 bits per heavy atom. The molecule has 0 saturated carbocycles. The van der Waals surface area contributed by atoms with Crippen molar-refractivity contribution in [3.05, 3.63) is 90.0 Å². The van der Waals surface area contributed by atoms with E-state index in [0.29, 0.717) is 5.56 Å². The van der Waals surface area contributed by atoms with E-state index < -0.39 is 0 Å². The molecule has 0 fully saturated rings. The lowest BCUT2D eigenvalue weighted by Crippen LogP contribution is -2.00. The van der Waals surface area contributed by atoms with Gasteiger partial charge in [0.05, 0.1) is 24.6 Å². The maximum Gasteiger partial charge on any atom is 0.337 e. The summed E-state index contributed by atoms with van der Waals surface area (Å²) in [7, 11) is 1.38. The molecule has 0 aliphatic carbocycles. The average Bonchev–Trinajstić information content (AvgIpc) is 2.69. The molecule has 4 heteroatoms. The second-order valence-electron chi connectivity index (χ2n) is 5.39. The lowest BCUT2D eigenvalue weighted by atomic mass is 9.99. The van der Waals surface area contributed by atoms with Crippen LogP contribution in [-0.4, -0.2) is 19.3 Å². The third-order valence-electron chi connectivity index (χ3n) is 3.75. The largest absolute Gasteiger partial charge is 0.465 e. The van der Waals surface area contributed by atoms with Crippen molar-refractivity contribution in [1.82, 2.24) is 0 Å². The van der Waals surface area contributed by atoms with Crippen molar-refractivity contribution >= 4 is 17.9 Å². The number of carbonyl (C=O) groups is 1. The Bertz CT molecular complexity index is 872. The van der Waals surface area contributed by atoms with E-state index in [2.05, 4.69) is 10.5 Å². The molecule has 0 amide bonds. The molecule has 0 saturated heterocycles. The number of benzene rings is 3. The molecule has 4 nitrogen and oxygen atoms in total. The SMILES string of the molecule is COC(=O)c1ccc(-c2ccccc2C=NNc2ccccc2)cc1. The van der Waals surface area contributed by atoms with Crippen LogP contribution in [0.3, 0.4) is 0 Å². The molecule has 124 valence electrons. The Morgan fingerprint density at radius 3 is 2.32 bits per heavy atom. The van der Waals surface area contributed by atoms with Crippen LogP contribution in [-0.2, 0) is 4.74 Å². The zero-order chi connectivity index (χ0) is 17.5. The molecule has 25 heavy (non-hydrogen) atoms. The van der Waals surface area contributed by atoms with Crippen molar-refractivity contribution in [2.75, 3.05) is 12.5 Å². The highest BCUT2D eigenvalue weighted by atomic mass is 16.5. The van der Waals surface area contributed by atoms with Crippen LogP contribution >= 0.6 is 0 Å². The van der Waals surface area contributed by atoms with E-state index in [1.807, 2.05) is 66.7 Å². The maximum atomic E-state index is 11.6. The number of para-hydroxylation sites is 1. The van der Waals surface area contributed by atoms with Crippen LogP contribution in [0.1, 0.15) is 15.9 Å². The predicted molar refractivity (Wildman–Crippen MR) is 101 cm³/mol. The number of nitrogens with one attached hydrogen (secondary N) is 1. The van der Waals surface area contributed by atoms with Crippen molar-refractivity contribution < 1.29 is 9.53 Å². The average molecular weight is 330 g/mol. The molecule has 0 bridgehead atoms. The minimum absolute atomic E-state index is 0.339.